The van der Waals surface area contributed by atoms with Gasteiger partial charge in [0.05, 0.1) is 6.54 Å². The number of carbonyl (C=O) groups excluding carboxylic acids is 3. The molecule has 1 aliphatic rings. The molecule has 4 rings (SSSR count). The molecule has 2 amide bonds. The predicted molar refractivity (Wildman–Crippen MR) is 170 cm³/mol. The third-order valence-corrected chi connectivity index (χ3v) is 7.30. The summed E-state index contributed by atoms with van der Waals surface area (Å²) in [4.78, 5) is 38.1. The molecule has 3 N–H and O–H groups in total. The Hall–Kier alpha value is -3.81. The van der Waals surface area contributed by atoms with Gasteiger partial charge in [0, 0.05) is 40.9 Å². The molecule has 8 heteroatoms. The molecule has 0 saturated heterocycles. The Labute approximate surface area is 249 Å². The summed E-state index contributed by atoms with van der Waals surface area (Å²) in [6, 6.07) is 15.0. The quantitative estimate of drug-likeness (QED) is 0.239. The number of hydrogen-bond donors (Lipinski definition) is 3. The molecule has 0 aliphatic heterocycles. The monoisotopic (exact) mass is 574 g/mol. The van der Waals surface area contributed by atoms with Crippen molar-refractivity contribution in [1.82, 2.24) is 4.57 Å². The van der Waals surface area contributed by atoms with Crippen LogP contribution in [-0.2, 0) is 16.1 Å². The molecular formula is C34H46N4O4. The second kappa shape index (κ2) is 13.0. The van der Waals surface area contributed by atoms with Gasteiger partial charge in [-0.2, -0.15) is 0 Å². The number of carbonyl (C=O) groups is 3. The van der Waals surface area contributed by atoms with Gasteiger partial charge in [-0.1, -0.05) is 40.0 Å². The van der Waals surface area contributed by atoms with Crippen molar-refractivity contribution in [1.29, 1.82) is 0 Å². The minimum atomic E-state index is -0.589. The summed E-state index contributed by atoms with van der Waals surface area (Å²) in [5, 5.41) is 9.97. The van der Waals surface area contributed by atoms with Crippen LogP contribution in [0, 0.1) is 11.3 Å². The van der Waals surface area contributed by atoms with E-state index < -0.39 is 11.7 Å². The van der Waals surface area contributed by atoms with Crippen molar-refractivity contribution >= 4 is 45.7 Å². The molecule has 0 radical (unpaired) electrons. The number of amides is 2. The van der Waals surface area contributed by atoms with Crippen molar-refractivity contribution in [3.8, 4) is 0 Å². The zero-order valence-electron chi connectivity index (χ0n) is 25.9. The zero-order chi connectivity index (χ0) is 30.5. The fourth-order valence-corrected chi connectivity index (χ4v) is 5.50. The van der Waals surface area contributed by atoms with Gasteiger partial charge in [-0.15, -0.1) is 0 Å². The molecule has 3 aromatic rings. The van der Waals surface area contributed by atoms with Crippen molar-refractivity contribution in [2.75, 3.05) is 22.5 Å². The number of anilines is 3. The van der Waals surface area contributed by atoms with Gasteiger partial charge in [0.2, 0.25) is 0 Å². The van der Waals surface area contributed by atoms with Crippen LogP contribution in [0.2, 0.25) is 0 Å². The Morgan fingerprint density at radius 1 is 0.833 bits per heavy atom. The Morgan fingerprint density at radius 2 is 1.45 bits per heavy atom. The lowest BCUT2D eigenvalue weighted by molar-refractivity contribution is -0.119. The number of Topliss-reactive ketones (excluding diaryl/α,β-unsaturated/α-hetero) is 1. The van der Waals surface area contributed by atoms with E-state index >= 15 is 0 Å². The van der Waals surface area contributed by atoms with E-state index in [1.165, 1.54) is 32.1 Å². The maximum atomic E-state index is 13.6. The van der Waals surface area contributed by atoms with Crippen molar-refractivity contribution in [3.05, 3.63) is 54.2 Å². The lowest BCUT2D eigenvalue weighted by Gasteiger charge is -2.23. The van der Waals surface area contributed by atoms with E-state index in [1.54, 1.807) is 24.3 Å². The number of aromatic nitrogens is 1. The minimum Gasteiger partial charge on any atom is -0.444 e. The molecule has 8 nitrogen and oxygen atoms in total. The number of nitrogens with zero attached hydrogens (tertiary/aromatic N) is 1. The first-order chi connectivity index (χ1) is 19.8. The first-order valence-corrected chi connectivity index (χ1v) is 15.1. The molecule has 0 spiro atoms. The summed E-state index contributed by atoms with van der Waals surface area (Å²) < 4.78 is 7.46. The van der Waals surface area contributed by atoms with Crippen LogP contribution in [0.5, 0.6) is 0 Å². The molecule has 1 aromatic heterocycles. The second-order valence-electron chi connectivity index (χ2n) is 13.7. The van der Waals surface area contributed by atoms with Crippen LogP contribution in [-0.4, -0.2) is 34.5 Å². The van der Waals surface area contributed by atoms with E-state index in [4.69, 9.17) is 4.74 Å². The van der Waals surface area contributed by atoms with E-state index in [1.807, 2.05) is 45.0 Å². The average molecular weight is 575 g/mol. The van der Waals surface area contributed by atoms with Gasteiger partial charge < -0.3 is 19.9 Å². The molecule has 42 heavy (non-hydrogen) atoms. The van der Waals surface area contributed by atoms with E-state index in [-0.39, 0.29) is 23.7 Å². The van der Waals surface area contributed by atoms with Crippen LogP contribution in [0.3, 0.4) is 0 Å². The number of ketones is 1. The Balaban J connectivity index is 1.52. The van der Waals surface area contributed by atoms with Crippen LogP contribution in [0.4, 0.5) is 21.9 Å². The molecule has 226 valence electrons. The van der Waals surface area contributed by atoms with Crippen LogP contribution < -0.4 is 16.0 Å². The zero-order valence-corrected chi connectivity index (χ0v) is 25.9. The van der Waals surface area contributed by atoms with Crippen molar-refractivity contribution in [3.63, 3.8) is 0 Å². The molecule has 0 bridgehead atoms. The van der Waals surface area contributed by atoms with Crippen LogP contribution in [0.1, 0.15) is 90.6 Å². The average Bonchev–Trinajstić information content (AvgIpc) is 3.25. The number of ether oxygens (including phenoxy) is 1. The highest BCUT2D eigenvalue weighted by Gasteiger charge is 2.22. The smallest absolute Gasteiger partial charge is 0.412 e. The van der Waals surface area contributed by atoms with Gasteiger partial charge >= 0.3 is 6.09 Å². The molecule has 0 atom stereocenters. The van der Waals surface area contributed by atoms with Crippen molar-refractivity contribution < 1.29 is 19.1 Å². The summed E-state index contributed by atoms with van der Waals surface area (Å²) >= 11 is 0. The fraction of sp³-hybridized carbons (Fsp3) is 0.500. The second-order valence-corrected chi connectivity index (χ2v) is 13.7. The number of nitrogens with one attached hydrogen (secondary N) is 3. The Bertz CT molecular complexity index is 1400. The van der Waals surface area contributed by atoms with E-state index in [0.29, 0.717) is 29.4 Å². The largest absolute Gasteiger partial charge is 0.444 e. The number of benzene rings is 2. The van der Waals surface area contributed by atoms with E-state index in [0.717, 1.165) is 23.1 Å². The summed E-state index contributed by atoms with van der Waals surface area (Å²) in [6.45, 7) is 12.7. The standard InChI is InChI=1S/C34H46N4O4/c1-33(2,3)20-28(39)21-35-27-16-17-29-24(18-27)19-30(38(29)22-23-10-8-7-9-11-23)31(40)36-25-12-14-26(15-13-25)37-32(41)42-34(4,5)6/h12-19,23,35H,7-11,20-22H2,1-6H3,(H,36,40)(H,37,41). The minimum absolute atomic E-state index is 0.0454. The fourth-order valence-electron chi connectivity index (χ4n) is 5.50. The normalized spacial score (nSPS) is 14.4. The summed E-state index contributed by atoms with van der Waals surface area (Å²) in [5.74, 6) is 0.515. The molecule has 2 aromatic carbocycles. The SMILES string of the molecule is CC(C)(C)CC(=O)CNc1ccc2c(c1)cc(C(=O)Nc1ccc(NC(=O)OC(C)(C)C)cc1)n2CC1CCCCC1. The molecule has 1 aliphatic carbocycles. The van der Waals surface area contributed by atoms with Crippen LogP contribution in [0.25, 0.3) is 10.9 Å². The first kappa shape index (κ1) is 31.1. The van der Waals surface area contributed by atoms with E-state index in [2.05, 4.69) is 41.3 Å². The maximum absolute atomic E-state index is 13.6. The Kier molecular flexibility index (Phi) is 9.64. The number of rotatable bonds is 9. The number of fused-ring (bicyclic) bond motifs is 1. The van der Waals surface area contributed by atoms with Crippen LogP contribution in [0.15, 0.2) is 48.5 Å². The summed E-state index contributed by atoms with van der Waals surface area (Å²) in [6.07, 6.45) is 6.06. The third kappa shape index (κ3) is 9.10. The van der Waals surface area contributed by atoms with Gasteiger partial charge in [0.1, 0.15) is 11.3 Å². The molecule has 1 fully saturated rings. The van der Waals surface area contributed by atoms with Crippen LogP contribution >= 0.6 is 0 Å². The van der Waals surface area contributed by atoms with Gasteiger partial charge in [0.25, 0.3) is 5.91 Å². The molecular weight excluding hydrogens is 528 g/mol. The molecule has 0 unspecified atom stereocenters. The highest BCUT2D eigenvalue weighted by atomic mass is 16.6. The van der Waals surface area contributed by atoms with Gasteiger partial charge in [0.15, 0.2) is 5.78 Å². The third-order valence-electron chi connectivity index (χ3n) is 7.30. The summed E-state index contributed by atoms with van der Waals surface area (Å²) in [5.41, 5.74) is 3.05. The van der Waals surface area contributed by atoms with Gasteiger partial charge in [-0.25, -0.2) is 4.79 Å². The topological polar surface area (TPSA) is 101 Å². The number of hydrogen-bond acceptors (Lipinski definition) is 5. The van der Waals surface area contributed by atoms with Gasteiger partial charge in [-0.3, -0.25) is 14.9 Å². The van der Waals surface area contributed by atoms with Gasteiger partial charge in [-0.05, 0) is 93.5 Å². The predicted octanol–water partition coefficient (Wildman–Crippen LogP) is 8.24. The lowest BCUT2D eigenvalue weighted by Crippen LogP contribution is -2.27. The first-order valence-electron chi connectivity index (χ1n) is 15.1. The maximum Gasteiger partial charge on any atom is 0.412 e. The molecule has 1 heterocycles. The molecule has 1 saturated carbocycles. The van der Waals surface area contributed by atoms with Crippen molar-refractivity contribution in [2.45, 2.75) is 92.2 Å². The van der Waals surface area contributed by atoms with E-state index in [9.17, 15) is 14.4 Å². The highest BCUT2D eigenvalue weighted by molar-refractivity contribution is 6.07. The summed E-state index contributed by atoms with van der Waals surface area (Å²) in [7, 11) is 0. The Morgan fingerprint density at radius 3 is 2.07 bits per heavy atom. The van der Waals surface area contributed by atoms with Crippen molar-refractivity contribution in [2.24, 2.45) is 11.3 Å². The lowest BCUT2D eigenvalue weighted by atomic mass is 9.89. The highest BCUT2D eigenvalue weighted by Crippen LogP contribution is 2.30.